The molecule has 1 aromatic carbocycles. The highest BCUT2D eigenvalue weighted by Crippen LogP contribution is 2.31. The number of carboxylic acids is 1. The third-order valence-electron chi connectivity index (χ3n) is 2.51. The van der Waals surface area contributed by atoms with Crippen LogP contribution in [0.2, 0.25) is 0 Å². The molecule has 0 radical (unpaired) electrons. The van der Waals surface area contributed by atoms with E-state index in [2.05, 4.69) is 4.98 Å². The smallest absolute Gasteiger partial charge is 0.339 e. The molecule has 0 aliphatic heterocycles. The molecular formula is C13H13NO4S. The van der Waals surface area contributed by atoms with Crippen molar-refractivity contribution in [2.24, 2.45) is 0 Å². The van der Waals surface area contributed by atoms with Gasteiger partial charge in [0.25, 0.3) is 5.19 Å². The molecule has 1 aromatic heterocycles. The molecule has 19 heavy (non-hydrogen) atoms. The zero-order valence-corrected chi connectivity index (χ0v) is 11.4. The van der Waals surface area contributed by atoms with Crippen LogP contribution in [0.15, 0.2) is 23.6 Å². The molecule has 0 saturated heterocycles. The van der Waals surface area contributed by atoms with Gasteiger partial charge in [-0.3, -0.25) is 0 Å². The number of ether oxygens (including phenoxy) is 2. The number of hydrogen-bond acceptors (Lipinski definition) is 5. The van der Waals surface area contributed by atoms with Crippen molar-refractivity contribution in [2.45, 2.75) is 13.3 Å². The minimum Gasteiger partial charge on any atom is -0.497 e. The molecule has 2 rings (SSSR count). The number of thiazole rings is 1. The second-order valence-electron chi connectivity index (χ2n) is 3.73. The summed E-state index contributed by atoms with van der Waals surface area (Å²) in [5, 5.41) is 11.4. The van der Waals surface area contributed by atoms with Crippen molar-refractivity contribution in [3.8, 4) is 16.7 Å². The van der Waals surface area contributed by atoms with Gasteiger partial charge >= 0.3 is 5.97 Å². The number of carboxylic acid groups (broad SMARTS) is 1. The maximum atomic E-state index is 11.1. The van der Waals surface area contributed by atoms with E-state index in [1.54, 1.807) is 6.07 Å². The van der Waals surface area contributed by atoms with Crippen LogP contribution in [0.25, 0.3) is 0 Å². The molecule has 1 N–H and O–H groups in total. The molecule has 0 spiro atoms. The van der Waals surface area contributed by atoms with E-state index in [1.165, 1.54) is 30.6 Å². The van der Waals surface area contributed by atoms with E-state index in [9.17, 15) is 4.79 Å². The Morgan fingerprint density at radius 1 is 1.47 bits per heavy atom. The zero-order chi connectivity index (χ0) is 13.8. The predicted molar refractivity (Wildman–Crippen MR) is 71.5 cm³/mol. The summed E-state index contributed by atoms with van der Waals surface area (Å²) in [6.45, 7) is 1.99. The minimum absolute atomic E-state index is 0.0778. The van der Waals surface area contributed by atoms with Crippen LogP contribution in [0.3, 0.4) is 0 Å². The Balaban J connectivity index is 2.33. The van der Waals surface area contributed by atoms with Crippen molar-refractivity contribution in [2.75, 3.05) is 7.11 Å². The van der Waals surface area contributed by atoms with Crippen LogP contribution in [0.1, 0.15) is 23.0 Å². The first-order chi connectivity index (χ1) is 9.13. The molecule has 0 fully saturated rings. The van der Waals surface area contributed by atoms with Crippen molar-refractivity contribution in [1.82, 2.24) is 4.98 Å². The summed E-state index contributed by atoms with van der Waals surface area (Å²) in [6.07, 6.45) is 0.809. The third-order valence-corrected chi connectivity index (χ3v) is 3.28. The SMILES string of the molecule is CCc1csc(Oc2cc(OC)ccc2C(=O)O)n1. The lowest BCUT2D eigenvalue weighted by Crippen LogP contribution is -2.00. The summed E-state index contributed by atoms with van der Waals surface area (Å²) in [4.78, 5) is 15.4. The van der Waals surface area contributed by atoms with Crippen LogP contribution in [-0.2, 0) is 6.42 Å². The number of aryl methyl sites for hydroxylation is 1. The Morgan fingerprint density at radius 2 is 2.26 bits per heavy atom. The van der Waals surface area contributed by atoms with Crippen molar-refractivity contribution >= 4 is 17.3 Å². The number of aromatic carboxylic acids is 1. The van der Waals surface area contributed by atoms with Gasteiger partial charge < -0.3 is 14.6 Å². The summed E-state index contributed by atoms with van der Waals surface area (Å²) in [6, 6.07) is 4.57. The lowest BCUT2D eigenvalue weighted by atomic mass is 10.2. The van der Waals surface area contributed by atoms with Crippen molar-refractivity contribution in [3.63, 3.8) is 0 Å². The largest absolute Gasteiger partial charge is 0.497 e. The van der Waals surface area contributed by atoms with Gasteiger partial charge in [-0.2, -0.15) is 0 Å². The highest BCUT2D eigenvalue weighted by Gasteiger charge is 2.14. The average molecular weight is 279 g/mol. The summed E-state index contributed by atoms with van der Waals surface area (Å²) in [5.41, 5.74) is 0.994. The van der Waals surface area contributed by atoms with Crippen molar-refractivity contribution < 1.29 is 19.4 Å². The van der Waals surface area contributed by atoms with Crippen LogP contribution in [0.5, 0.6) is 16.7 Å². The Hall–Kier alpha value is -2.08. The molecule has 5 nitrogen and oxygen atoms in total. The van der Waals surface area contributed by atoms with Gasteiger partial charge in [0.1, 0.15) is 17.1 Å². The van der Waals surface area contributed by atoms with Gasteiger partial charge in [-0.25, -0.2) is 9.78 Å². The Labute approximate surface area is 114 Å². The standard InChI is InChI=1S/C13H13NO4S/c1-3-8-7-19-13(14-8)18-11-6-9(17-2)4-5-10(11)12(15)16/h4-7H,3H2,1-2H3,(H,15,16). The van der Waals surface area contributed by atoms with Crippen LogP contribution in [0.4, 0.5) is 0 Å². The van der Waals surface area contributed by atoms with E-state index in [-0.39, 0.29) is 11.3 Å². The fourth-order valence-corrected chi connectivity index (χ4v) is 2.25. The zero-order valence-electron chi connectivity index (χ0n) is 10.5. The van der Waals surface area contributed by atoms with Gasteiger partial charge in [-0.05, 0) is 18.6 Å². The molecule has 0 aliphatic carbocycles. The Bertz CT molecular complexity index is 594. The first-order valence-corrected chi connectivity index (χ1v) is 6.55. The average Bonchev–Trinajstić information content (AvgIpc) is 2.86. The number of hydrogen-bond donors (Lipinski definition) is 1. The number of rotatable bonds is 5. The second kappa shape index (κ2) is 5.71. The van der Waals surface area contributed by atoms with Gasteiger partial charge in [0, 0.05) is 11.4 Å². The predicted octanol–water partition coefficient (Wildman–Crippen LogP) is 3.20. The topological polar surface area (TPSA) is 68.7 Å². The van der Waals surface area contributed by atoms with Crippen LogP contribution in [0, 0.1) is 0 Å². The molecule has 2 aromatic rings. The fourth-order valence-electron chi connectivity index (χ4n) is 1.48. The van der Waals surface area contributed by atoms with E-state index >= 15 is 0 Å². The summed E-state index contributed by atoms with van der Waals surface area (Å²) in [5.74, 6) is -0.291. The van der Waals surface area contributed by atoms with E-state index < -0.39 is 5.97 Å². The molecule has 0 atom stereocenters. The number of benzene rings is 1. The lowest BCUT2D eigenvalue weighted by Gasteiger charge is -2.08. The summed E-state index contributed by atoms with van der Waals surface area (Å²) in [7, 11) is 1.51. The van der Waals surface area contributed by atoms with E-state index in [0.29, 0.717) is 10.9 Å². The Kier molecular flexibility index (Phi) is 4.01. The third kappa shape index (κ3) is 3.03. The summed E-state index contributed by atoms with van der Waals surface area (Å²) < 4.78 is 10.6. The van der Waals surface area contributed by atoms with E-state index in [1.807, 2.05) is 12.3 Å². The number of carbonyl (C=O) groups is 1. The highest BCUT2D eigenvalue weighted by molar-refractivity contribution is 7.11. The molecule has 0 aliphatic rings. The monoisotopic (exact) mass is 279 g/mol. The van der Waals surface area contributed by atoms with Crippen LogP contribution in [-0.4, -0.2) is 23.2 Å². The quantitative estimate of drug-likeness (QED) is 0.910. The number of nitrogens with zero attached hydrogens (tertiary/aromatic N) is 1. The number of aromatic nitrogens is 1. The molecule has 0 amide bonds. The maximum absolute atomic E-state index is 11.1. The van der Waals surface area contributed by atoms with Crippen molar-refractivity contribution in [1.29, 1.82) is 0 Å². The molecule has 1 heterocycles. The van der Waals surface area contributed by atoms with Gasteiger partial charge in [0.15, 0.2) is 0 Å². The molecule has 6 heteroatoms. The first-order valence-electron chi connectivity index (χ1n) is 5.67. The maximum Gasteiger partial charge on any atom is 0.339 e. The van der Waals surface area contributed by atoms with Gasteiger partial charge in [-0.1, -0.05) is 18.3 Å². The van der Waals surface area contributed by atoms with E-state index in [0.717, 1.165) is 12.1 Å². The Morgan fingerprint density at radius 3 is 2.84 bits per heavy atom. The normalized spacial score (nSPS) is 10.2. The molecule has 100 valence electrons. The molecule has 0 saturated carbocycles. The highest BCUT2D eigenvalue weighted by atomic mass is 32.1. The fraction of sp³-hybridized carbons (Fsp3) is 0.231. The lowest BCUT2D eigenvalue weighted by molar-refractivity contribution is 0.0694. The minimum atomic E-state index is -1.05. The van der Waals surface area contributed by atoms with Gasteiger partial charge in [0.05, 0.1) is 12.8 Å². The summed E-state index contributed by atoms with van der Waals surface area (Å²) >= 11 is 1.34. The van der Waals surface area contributed by atoms with Crippen LogP contribution >= 0.6 is 11.3 Å². The second-order valence-corrected chi connectivity index (χ2v) is 4.55. The van der Waals surface area contributed by atoms with Gasteiger partial charge in [-0.15, -0.1) is 0 Å². The van der Waals surface area contributed by atoms with Gasteiger partial charge in [0.2, 0.25) is 0 Å². The number of methoxy groups -OCH3 is 1. The van der Waals surface area contributed by atoms with E-state index in [4.69, 9.17) is 14.6 Å². The first kappa shape index (κ1) is 13.4. The molecular weight excluding hydrogens is 266 g/mol. The van der Waals surface area contributed by atoms with Crippen LogP contribution < -0.4 is 9.47 Å². The molecule has 0 bridgehead atoms. The van der Waals surface area contributed by atoms with Crippen molar-refractivity contribution in [3.05, 3.63) is 34.8 Å². The molecule has 0 unspecified atom stereocenters.